The Morgan fingerprint density at radius 2 is 1.97 bits per heavy atom. The molecule has 4 N–H and O–H groups in total. The lowest BCUT2D eigenvalue weighted by atomic mass is 9.95. The largest absolute Gasteiger partial charge is 0.485 e. The summed E-state index contributed by atoms with van der Waals surface area (Å²) in [5.41, 5.74) is 3.90. The Labute approximate surface area is 366 Å². The fraction of sp³-hybridized carbons (Fsp3) is 0.419. The van der Waals surface area contributed by atoms with E-state index in [1.807, 2.05) is 38.1 Å². The molecule has 1 saturated heterocycles. The van der Waals surface area contributed by atoms with Crippen molar-refractivity contribution in [1.82, 2.24) is 49.8 Å². The summed E-state index contributed by atoms with van der Waals surface area (Å²) in [4.78, 5) is 33.3. The topological polar surface area (TPSA) is 193 Å². The van der Waals surface area contributed by atoms with Gasteiger partial charge in [-0.25, -0.2) is 13.8 Å². The van der Waals surface area contributed by atoms with Crippen LogP contribution in [0, 0.1) is 5.82 Å². The summed E-state index contributed by atoms with van der Waals surface area (Å²) in [5.74, 6) is 0.473. The number of H-pyrrole nitrogens is 1. The van der Waals surface area contributed by atoms with Gasteiger partial charge < -0.3 is 30.4 Å². The summed E-state index contributed by atoms with van der Waals surface area (Å²) in [7, 11) is 2.09. The van der Waals surface area contributed by atoms with Crippen LogP contribution in [-0.2, 0) is 27.4 Å². The molecule has 20 heteroatoms. The van der Waals surface area contributed by atoms with Crippen molar-refractivity contribution in [3.8, 4) is 17.0 Å². The number of aromatic nitrogens is 8. The fourth-order valence-electron chi connectivity index (χ4n) is 7.90. The molecule has 1 aliphatic heterocycles. The molecular formula is C43H53F2N13O4S. The summed E-state index contributed by atoms with van der Waals surface area (Å²) in [6.07, 6.45) is 15.6. The number of ether oxygens (including phenoxy) is 1. The van der Waals surface area contributed by atoms with Gasteiger partial charge in [0, 0.05) is 80.8 Å². The van der Waals surface area contributed by atoms with Crippen LogP contribution >= 0.6 is 0 Å². The molecule has 2 atom stereocenters. The molecule has 334 valence electrons. The highest BCUT2D eigenvalue weighted by Gasteiger charge is 2.36. The second-order valence-corrected chi connectivity index (χ2v) is 17.9. The van der Waals surface area contributed by atoms with Gasteiger partial charge in [0.15, 0.2) is 17.4 Å². The summed E-state index contributed by atoms with van der Waals surface area (Å²) < 4.78 is 54.6. The third-order valence-electron chi connectivity index (χ3n) is 11.0. The number of aldehydes is 1. The van der Waals surface area contributed by atoms with Crippen molar-refractivity contribution in [2.24, 2.45) is 7.05 Å². The number of allylic oxidation sites excluding steroid dienone is 4. The van der Waals surface area contributed by atoms with Crippen molar-refractivity contribution < 1.29 is 27.3 Å². The van der Waals surface area contributed by atoms with Crippen LogP contribution in [0.4, 0.5) is 26.2 Å². The van der Waals surface area contributed by atoms with E-state index in [9.17, 15) is 13.8 Å². The van der Waals surface area contributed by atoms with Gasteiger partial charge in [-0.1, -0.05) is 17.7 Å². The van der Waals surface area contributed by atoms with E-state index in [2.05, 4.69) is 70.0 Å². The monoisotopic (exact) mass is 885 g/mol. The zero-order valence-electron chi connectivity index (χ0n) is 36.2. The number of amides is 1. The smallest absolute Gasteiger partial charge is 0.247 e. The number of nitrogens with one attached hydrogen (secondary N) is 4. The highest BCUT2D eigenvalue weighted by molar-refractivity contribution is 7.90. The van der Waals surface area contributed by atoms with Gasteiger partial charge in [0.1, 0.15) is 29.7 Å². The number of hydrogen-bond donors (Lipinski definition) is 4. The van der Waals surface area contributed by atoms with Crippen LogP contribution in [0.2, 0.25) is 0 Å². The number of aryl methyl sites for hydroxylation is 1. The van der Waals surface area contributed by atoms with E-state index in [1.54, 1.807) is 37.2 Å². The van der Waals surface area contributed by atoms with Gasteiger partial charge in [0.05, 0.1) is 39.7 Å². The first-order valence-electron chi connectivity index (χ1n) is 20.8. The lowest BCUT2D eigenvalue weighted by molar-refractivity contribution is -0.110. The quantitative estimate of drug-likeness (QED) is 0.0755. The van der Waals surface area contributed by atoms with Gasteiger partial charge in [0.25, 0.3) is 0 Å². The standard InChI is InChI=1S/C39H46F2N12O2S.C4H7NO2/c1-23(2)55-35-33(25-18-44-45-19-25)43-22-53-37(35)47-38(49-53)46-30-12-10-27(17-29(30)40)56(54)26-9-7-8-24(16-26)20-52-15-14-51(21-39(52,3)4)31-13-11-28-34(32(31)41)50(6)48-36(28)42-5;6-3-1-2-5-4-7/h9,11-13,16-19,22-23,27H,7-8,10,14-15,20-21H2,1-6H3,(H,42,48)(H,44,45)(H,46,49);3-4H,1-2H2,(H,5,7). The Balaban J connectivity index is 0.000000785. The fourth-order valence-corrected chi connectivity index (χ4v) is 9.33. The number of hydrogen-bond acceptors (Lipinski definition) is 13. The van der Waals surface area contributed by atoms with Crippen molar-refractivity contribution in [1.29, 1.82) is 0 Å². The molecule has 2 unspecified atom stereocenters. The van der Waals surface area contributed by atoms with E-state index in [0.717, 1.165) is 41.5 Å². The lowest BCUT2D eigenvalue weighted by Gasteiger charge is -2.48. The van der Waals surface area contributed by atoms with Crippen LogP contribution in [0.3, 0.4) is 0 Å². The summed E-state index contributed by atoms with van der Waals surface area (Å²) in [6.45, 7) is 11.4. The predicted octanol–water partition coefficient (Wildman–Crippen LogP) is 5.57. The first-order valence-corrected chi connectivity index (χ1v) is 22.0. The highest BCUT2D eigenvalue weighted by atomic mass is 32.2. The number of fused-ring (bicyclic) bond motifs is 2. The number of carbonyl (C=O) groups is 2. The van der Waals surface area contributed by atoms with E-state index < -0.39 is 21.9 Å². The van der Waals surface area contributed by atoms with Crippen LogP contribution in [0.1, 0.15) is 53.4 Å². The average Bonchev–Trinajstić information content (AvgIpc) is 4.02. The van der Waals surface area contributed by atoms with E-state index in [-0.39, 0.29) is 29.1 Å². The molecule has 4 aromatic heterocycles. The zero-order chi connectivity index (χ0) is 44.8. The Morgan fingerprint density at radius 3 is 2.67 bits per heavy atom. The molecule has 5 aromatic rings. The minimum Gasteiger partial charge on any atom is -0.485 e. The minimum atomic E-state index is -1.46. The highest BCUT2D eigenvalue weighted by Crippen LogP contribution is 2.36. The number of halogens is 2. The molecule has 2 aliphatic carbocycles. The first kappa shape index (κ1) is 44.8. The van der Waals surface area contributed by atoms with E-state index in [1.165, 1.54) is 22.5 Å². The normalized spacial score (nSPS) is 18.2. The molecule has 0 radical (unpaired) electrons. The van der Waals surface area contributed by atoms with Crippen molar-refractivity contribution in [3.05, 3.63) is 83.0 Å². The Kier molecular flexibility index (Phi) is 13.8. The van der Waals surface area contributed by atoms with Crippen LogP contribution in [0.5, 0.6) is 5.75 Å². The maximum atomic E-state index is 15.9. The molecule has 63 heavy (non-hydrogen) atoms. The van der Waals surface area contributed by atoms with Crippen molar-refractivity contribution >= 4 is 57.5 Å². The molecule has 3 aliphatic rings. The molecule has 0 bridgehead atoms. The molecular weight excluding hydrogens is 833 g/mol. The number of nitrogens with zero attached hydrogens (tertiary/aromatic N) is 9. The second-order valence-electron chi connectivity index (χ2n) is 16.3. The van der Waals surface area contributed by atoms with Gasteiger partial charge in [-0.2, -0.15) is 19.7 Å². The van der Waals surface area contributed by atoms with Crippen molar-refractivity contribution in [3.63, 3.8) is 0 Å². The molecule has 17 nitrogen and oxygen atoms in total. The van der Waals surface area contributed by atoms with Crippen molar-refractivity contribution in [2.75, 3.05) is 55.3 Å². The zero-order valence-corrected chi connectivity index (χ0v) is 37.0. The molecule has 0 saturated carbocycles. The van der Waals surface area contributed by atoms with Gasteiger partial charge in [-0.15, -0.1) is 5.10 Å². The van der Waals surface area contributed by atoms with Gasteiger partial charge in [0.2, 0.25) is 18.0 Å². The number of benzene rings is 1. The summed E-state index contributed by atoms with van der Waals surface area (Å²) in [6, 6.07) is 3.78. The Morgan fingerprint density at radius 1 is 1.14 bits per heavy atom. The van der Waals surface area contributed by atoms with E-state index in [0.29, 0.717) is 79.5 Å². The van der Waals surface area contributed by atoms with Crippen LogP contribution in [0.25, 0.3) is 27.8 Å². The van der Waals surface area contributed by atoms with E-state index >= 15 is 8.78 Å². The third-order valence-corrected chi connectivity index (χ3v) is 12.6. The summed E-state index contributed by atoms with van der Waals surface area (Å²) in [5, 5.41) is 24.3. The number of anilines is 3. The molecule has 0 spiro atoms. The maximum Gasteiger partial charge on any atom is 0.247 e. The Hall–Kier alpha value is -6.28. The molecule has 5 heterocycles. The lowest BCUT2D eigenvalue weighted by Crippen LogP contribution is -2.59. The molecule has 1 aromatic carbocycles. The summed E-state index contributed by atoms with van der Waals surface area (Å²) >= 11 is 0. The van der Waals surface area contributed by atoms with Crippen LogP contribution in [-0.4, -0.2) is 118 Å². The molecule has 8 rings (SSSR count). The average molecular weight is 886 g/mol. The molecule has 1 fully saturated rings. The number of piperazine rings is 1. The maximum absolute atomic E-state index is 15.9. The predicted molar refractivity (Wildman–Crippen MR) is 240 cm³/mol. The van der Waals surface area contributed by atoms with Crippen LogP contribution < -0.4 is 25.6 Å². The molecule has 1 amide bonds. The number of rotatable bonds is 15. The third kappa shape index (κ3) is 9.86. The van der Waals surface area contributed by atoms with Gasteiger partial charge in [-0.05, 0) is 71.2 Å². The number of aromatic amines is 1. The number of carbonyl (C=O) groups excluding carboxylic acids is 2. The Bertz CT molecular complexity index is 2610. The SMILES string of the molecule is CNc1nn(C)c2c(F)c(N3CCN(CC4=CC(S(=O)C5C=C(F)C(Nc6nc7c(OC(C)C)c(-c8cn[nH]c8)ncn7n6)=CC5)=CCC4)C(C)(C)C3)ccc12.O=CCCNC=O. The second kappa shape index (κ2) is 19.4. The minimum absolute atomic E-state index is 0.159. The van der Waals surface area contributed by atoms with Crippen molar-refractivity contribution in [2.45, 2.75) is 70.3 Å². The first-order chi connectivity index (χ1) is 30.3. The van der Waals surface area contributed by atoms with E-state index in [4.69, 9.17) is 4.74 Å². The van der Waals surface area contributed by atoms with Gasteiger partial charge >= 0.3 is 0 Å². The van der Waals surface area contributed by atoms with Gasteiger partial charge in [-0.3, -0.25) is 23.7 Å². The van der Waals surface area contributed by atoms with Crippen LogP contribution in [0.15, 0.2) is 77.2 Å².